The van der Waals surface area contributed by atoms with Crippen molar-refractivity contribution in [1.82, 2.24) is 9.88 Å². The van der Waals surface area contributed by atoms with E-state index in [1.807, 2.05) is 13.8 Å². The molecule has 0 saturated carbocycles. The van der Waals surface area contributed by atoms with Gasteiger partial charge in [0.1, 0.15) is 6.04 Å². The Bertz CT molecular complexity index is 424. The Hall–Kier alpha value is -1.17. The van der Waals surface area contributed by atoms with E-state index in [0.717, 1.165) is 0 Å². The number of nitrogens with zero attached hydrogens (tertiary/aromatic N) is 2. The van der Waals surface area contributed by atoms with E-state index in [1.54, 1.807) is 11.8 Å². The van der Waals surface area contributed by atoms with Gasteiger partial charge in [-0.3, -0.25) is 4.79 Å². The third-order valence-corrected chi connectivity index (χ3v) is 3.04. The molecule has 4 nitrogen and oxygen atoms in total. The molecule has 1 aromatic rings. The summed E-state index contributed by atoms with van der Waals surface area (Å²) in [5, 5.41) is 2.79. The molecule has 1 N–H and O–H groups in total. The van der Waals surface area contributed by atoms with Crippen LogP contribution in [0, 0.1) is 5.82 Å². The standard InChI is InChI=1S/C12H17BrFN3O/c1-4-17(5-2)12(18)8(3)16-11-10(14)6-9(13)7-15-11/h6-8H,4-5H2,1-3H3,(H,15,16). The topological polar surface area (TPSA) is 45.2 Å². The molecule has 1 heterocycles. The molecular formula is C12H17BrFN3O. The number of rotatable bonds is 5. The third-order valence-electron chi connectivity index (χ3n) is 2.61. The maximum absolute atomic E-state index is 13.6. The Morgan fingerprint density at radius 3 is 2.67 bits per heavy atom. The van der Waals surface area contributed by atoms with Gasteiger partial charge in [0.15, 0.2) is 11.6 Å². The zero-order chi connectivity index (χ0) is 13.7. The zero-order valence-corrected chi connectivity index (χ0v) is 12.3. The van der Waals surface area contributed by atoms with Gasteiger partial charge < -0.3 is 10.2 Å². The van der Waals surface area contributed by atoms with Crippen molar-refractivity contribution in [2.24, 2.45) is 0 Å². The molecule has 6 heteroatoms. The number of carbonyl (C=O) groups is 1. The molecular weight excluding hydrogens is 301 g/mol. The second-order valence-electron chi connectivity index (χ2n) is 3.86. The van der Waals surface area contributed by atoms with E-state index >= 15 is 0 Å². The molecule has 1 unspecified atom stereocenters. The largest absolute Gasteiger partial charge is 0.356 e. The fourth-order valence-corrected chi connectivity index (χ4v) is 1.90. The van der Waals surface area contributed by atoms with Gasteiger partial charge in [0.05, 0.1) is 0 Å². The Balaban J connectivity index is 2.75. The number of anilines is 1. The number of aromatic nitrogens is 1. The van der Waals surface area contributed by atoms with E-state index in [2.05, 4.69) is 26.2 Å². The second kappa shape index (κ2) is 6.68. The van der Waals surface area contributed by atoms with E-state index in [4.69, 9.17) is 0 Å². The van der Waals surface area contributed by atoms with Crippen LogP contribution in [0.3, 0.4) is 0 Å². The fourth-order valence-electron chi connectivity index (χ4n) is 1.60. The summed E-state index contributed by atoms with van der Waals surface area (Å²) in [6.45, 7) is 6.79. The molecule has 0 fully saturated rings. The molecule has 100 valence electrons. The van der Waals surface area contributed by atoms with E-state index in [1.165, 1.54) is 12.3 Å². The number of pyridine rings is 1. The molecule has 0 aliphatic rings. The Labute approximate surface area is 115 Å². The summed E-state index contributed by atoms with van der Waals surface area (Å²) < 4.78 is 14.1. The van der Waals surface area contributed by atoms with Gasteiger partial charge in [0.25, 0.3) is 0 Å². The summed E-state index contributed by atoms with van der Waals surface area (Å²) in [4.78, 5) is 17.6. The minimum Gasteiger partial charge on any atom is -0.356 e. The van der Waals surface area contributed by atoms with Crippen LogP contribution in [0.2, 0.25) is 0 Å². The maximum atomic E-state index is 13.6. The Morgan fingerprint density at radius 2 is 2.17 bits per heavy atom. The lowest BCUT2D eigenvalue weighted by atomic mass is 10.2. The van der Waals surface area contributed by atoms with Crippen LogP contribution in [0.1, 0.15) is 20.8 Å². The number of hydrogen-bond acceptors (Lipinski definition) is 3. The van der Waals surface area contributed by atoms with Gasteiger partial charge in [-0.1, -0.05) is 0 Å². The number of hydrogen-bond donors (Lipinski definition) is 1. The quantitative estimate of drug-likeness (QED) is 0.908. The number of carbonyl (C=O) groups excluding carboxylic acids is 1. The zero-order valence-electron chi connectivity index (χ0n) is 10.7. The van der Waals surface area contributed by atoms with Gasteiger partial charge in [-0.25, -0.2) is 9.37 Å². The van der Waals surface area contributed by atoms with Crippen LogP contribution >= 0.6 is 15.9 Å². The molecule has 0 bridgehead atoms. The lowest BCUT2D eigenvalue weighted by Gasteiger charge is -2.23. The minimum atomic E-state index is -0.506. The summed E-state index contributed by atoms with van der Waals surface area (Å²) in [7, 11) is 0. The van der Waals surface area contributed by atoms with Crippen molar-refractivity contribution in [2.45, 2.75) is 26.8 Å². The predicted octanol–water partition coefficient (Wildman–Crippen LogP) is 2.65. The van der Waals surface area contributed by atoms with Crippen molar-refractivity contribution in [3.05, 3.63) is 22.6 Å². The molecule has 1 atom stereocenters. The molecule has 18 heavy (non-hydrogen) atoms. The Morgan fingerprint density at radius 1 is 1.56 bits per heavy atom. The molecule has 1 rings (SSSR count). The fraction of sp³-hybridized carbons (Fsp3) is 0.500. The number of halogens is 2. The number of amides is 1. The number of nitrogens with one attached hydrogen (secondary N) is 1. The van der Waals surface area contributed by atoms with E-state index < -0.39 is 11.9 Å². The van der Waals surface area contributed by atoms with Gasteiger partial charge in [0.2, 0.25) is 5.91 Å². The Kier molecular flexibility index (Phi) is 5.53. The van der Waals surface area contributed by atoms with Crippen LogP contribution in [0.15, 0.2) is 16.7 Å². The average Bonchev–Trinajstić information content (AvgIpc) is 2.34. The van der Waals surface area contributed by atoms with Gasteiger partial charge in [-0.2, -0.15) is 0 Å². The van der Waals surface area contributed by atoms with Gasteiger partial charge in [0, 0.05) is 23.8 Å². The summed E-state index contributed by atoms with van der Waals surface area (Å²) in [5.41, 5.74) is 0. The first kappa shape index (κ1) is 14.9. The molecule has 0 radical (unpaired) electrons. The van der Waals surface area contributed by atoms with Crippen molar-refractivity contribution in [3.63, 3.8) is 0 Å². The molecule has 0 aliphatic carbocycles. The smallest absolute Gasteiger partial charge is 0.244 e. The van der Waals surface area contributed by atoms with E-state index in [0.29, 0.717) is 17.6 Å². The lowest BCUT2D eigenvalue weighted by molar-refractivity contribution is -0.131. The summed E-state index contributed by atoms with van der Waals surface area (Å²) >= 11 is 3.13. The van der Waals surface area contributed by atoms with Crippen LogP contribution in [0.4, 0.5) is 10.2 Å². The first-order valence-electron chi connectivity index (χ1n) is 5.85. The van der Waals surface area contributed by atoms with Gasteiger partial charge >= 0.3 is 0 Å². The first-order valence-corrected chi connectivity index (χ1v) is 6.65. The second-order valence-corrected chi connectivity index (χ2v) is 4.78. The van der Waals surface area contributed by atoms with Crippen LogP contribution in [0.25, 0.3) is 0 Å². The van der Waals surface area contributed by atoms with Crippen molar-refractivity contribution < 1.29 is 9.18 Å². The molecule has 0 saturated heterocycles. The van der Waals surface area contributed by atoms with Crippen molar-refractivity contribution in [1.29, 1.82) is 0 Å². The van der Waals surface area contributed by atoms with Crippen molar-refractivity contribution >= 4 is 27.7 Å². The van der Waals surface area contributed by atoms with Crippen LogP contribution < -0.4 is 5.32 Å². The molecule has 0 aromatic carbocycles. The lowest BCUT2D eigenvalue weighted by Crippen LogP contribution is -2.41. The maximum Gasteiger partial charge on any atom is 0.244 e. The van der Waals surface area contributed by atoms with E-state index in [9.17, 15) is 9.18 Å². The summed E-state index contributed by atoms with van der Waals surface area (Å²) in [6.07, 6.45) is 1.49. The van der Waals surface area contributed by atoms with Crippen LogP contribution in [-0.2, 0) is 4.79 Å². The summed E-state index contributed by atoms with van der Waals surface area (Å²) in [6, 6.07) is 0.803. The average molecular weight is 318 g/mol. The van der Waals surface area contributed by atoms with Gasteiger partial charge in [-0.05, 0) is 42.8 Å². The van der Waals surface area contributed by atoms with Gasteiger partial charge in [-0.15, -0.1) is 0 Å². The highest BCUT2D eigenvalue weighted by atomic mass is 79.9. The van der Waals surface area contributed by atoms with Crippen molar-refractivity contribution in [3.8, 4) is 0 Å². The number of likely N-dealkylation sites (N-methyl/N-ethyl adjacent to an activating group) is 1. The third kappa shape index (κ3) is 3.66. The molecule has 0 spiro atoms. The van der Waals surface area contributed by atoms with Crippen molar-refractivity contribution in [2.75, 3.05) is 18.4 Å². The highest BCUT2D eigenvalue weighted by Crippen LogP contribution is 2.17. The predicted molar refractivity (Wildman–Crippen MR) is 72.9 cm³/mol. The first-order chi connectivity index (χ1) is 8.49. The van der Waals surface area contributed by atoms with Crippen LogP contribution in [-0.4, -0.2) is 34.9 Å². The SMILES string of the molecule is CCN(CC)C(=O)C(C)Nc1ncc(Br)cc1F. The molecule has 1 aromatic heterocycles. The minimum absolute atomic E-state index is 0.0656. The normalized spacial score (nSPS) is 12.1. The monoisotopic (exact) mass is 317 g/mol. The highest BCUT2D eigenvalue weighted by Gasteiger charge is 2.19. The molecule has 0 aliphatic heterocycles. The van der Waals surface area contributed by atoms with Crippen LogP contribution in [0.5, 0.6) is 0 Å². The molecule has 1 amide bonds. The summed E-state index contributed by atoms with van der Waals surface area (Å²) in [5.74, 6) is -0.459. The highest BCUT2D eigenvalue weighted by molar-refractivity contribution is 9.10. The van der Waals surface area contributed by atoms with E-state index in [-0.39, 0.29) is 11.7 Å².